The van der Waals surface area contributed by atoms with Gasteiger partial charge >= 0.3 is 5.69 Å². The molecule has 0 spiro atoms. The van der Waals surface area contributed by atoms with Crippen LogP contribution in [0.25, 0.3) is 6.08 Å². The van der Waals surface area contributed by atoms with Crippen LogP contribution in [0.5, 0.6) is 0 Å². The Morgan fingerprint density at radius 2 is 2.11 bits per heavy atom. The Morgan fingerprint density at radius 1 is 1.36 bits per heavy atom. The van der Waals surface area contributed by atoms with Crippen LogP contribution in [0.1, 0.15) is 64.2 Å². The number of carbonyl (C=O) groups is 1. The molecule has 0 aromatic carbocycles. The number of aromatic amines is 1. The monoisotopic (exact) mass is 392 g/mol. The molecule has 4 N–H and O–H groups in total. The van der Waals surface area contributed by atoms with Crippen molar-refractivity contribution in [3.05, 3.63) is 38.7 Å². The van der Waals surface area contributed by atoms with Crippen LogP contribution in [0, 0.1) is 5.92 Å². The number of hydrogen-bond donors (Lipinski definition) is 3. The second kappa shape index (κ2) is 11.0. The summed E-state index contributed by atoms with van der Waals surface area (Å²) >= 11 is 0. The molecule has 8 heteroatoms. The Balaban J connectivity index is 1.98. The molecule has 8 nitrogen and oxygen atoms in total. The van der Waals surface area contributed by atoms with Crippen molar-refractivity contribution in [2.45, 2.75) is 64.7 Å². The number of rotatable bonds is 10. The summed E-state index contributed by atoms with van der Waals surface area (Å²) < 4.78 is 7.34. The number of carbonyl (C=O) groups excluding carboxylic acids is 1. The molecule has 156 valence electrons. The highest BCUT2D eigenvalue weighted by Crippen LogP contribution is 2.33. The van der Waals surface area contributed by atoms with Gasteiger partial charge in [0.1, 0.15) is 6.23 Å². The number of hydrogen-bond acceptors (Lipinski definition) is 5. The van der Waals surface area contributed by atoms with E-state index >= 15 is 0 Å². The minimum atomic E-state index is -0.523. The van der Waals surface area contributed by atoms with E-state index in [1.807, 2.05) is 6.92 Å². The highest BCUT2D eigenvalue weighted by molar-refractivity contribution is 5.91. The van der Waals surface area contributed by atoms with Crippen LogP contribution < -0.4 is 22.3 Å². The predicted molar refractivity (Wildman–Crippen MR) is 109 cm³/mol. The Morgan fingerprint density at radius 3 is 2.79 bits per heavy atom. The van der Waals surface area contributed by atoms with E-state index < -0.39 is 17.5 Å². The zero-order chi connectivity index (χ0) is 20.5. The highest BCUT2D eigenvalue weighted by atomic mass is 16.5. The van der Waals surface area contributed by atoms with Gasteiger partial charge in [-0.3, -0.25) is 19.1 Å². The van der Waals surface area contributed by atoms with Gasteiger partial charge < -0.3 is 15.8 Å². The van der Waals surface area contributed by atoms with Gasteiger partial charge in [0.25, 0.3) is 5.56 Å². The number of H-pyrrole nitrogens is 1. The van der Waals surface area contributed by atoms with Crippen LogP contribution >= 0.6 is 0 Å². The second-order valence-electron chi connectivity index (χ2n) is 7.33. The van der Waals surface area contributed by atoms with Crippen LogP contribution in [0.4, 0.5) is 0 Å². The normalized spacial score (nSPS) is 22.0. The van der Waals surface area contributed by atoms with E-state index in [2.05, 4.69) is 17.2 Å². The first-order valence-electron chi connectivity index (χ1n) is 10.1. The van der Waals surface area contributed by atoms with Crippen molar-refractivity contribution < 1.29 is 9.53 Å². The number of nitrogens with one attached hydrogen (secondary N) is 2. The number of nitrogens with two attached hydrogens (primary N) is 1. The molecule has 1 aliphatic rings. The van der Waals surface area contributed by atoms with Crippen molar-refractivity contribution in [1.29, 1.82) is 0 Å². The molecule has 0 bridgehead atoms. The molecule has 28 heavy (non-hydrogen) atoms. The molecule has 2 rings (SSSR count). The molecule has 1 saturated heterocycles. The first kappa shape index (κ1) is 22.1. The zero-order valence-corrected chi connectivity index (χ0v) is 16.8. The lowest BCUT2D eigenvalue weighted by atomic mass is 10.0. The Labute approximate surface area is 165 Å². The van der Waals surface area contributed by atoms with E-state index in [4.69, 9.17) is 10.5 Å². The number of amides is 1. The quantitative estimate of drug-likeness (QED) is 0.412. The molecule has 1 amide bonds. The molecule has 1 aliphatic heterocycles. The van der Waals surface area contributed by atoms with E-state index in [9.17, 15) is 14.4 Å². The SMILES string of the molecule is CC[C@H]1O[C@@H](n2cc(/C=C/C(=O)NCCCCCCN)c(=O)[nH]c2=O)CC1C. The van der Waals surface area contributed by atoms with Crippen LogP contribution in [0.2, 0.25) is 0 Å². The summed E-state index contributed by atoms with van der Waals surface area (Å²) in [5.74, 6) is 0.0659. The smallest absolute Gasteiger partial charge is 0.330 e. The van der Waals surface area contributed by atoms with Crippen LogP contribution in [-0.2, 0) is 9.53 Å². The fourth-order valence-electron chi connectivity index (χ4n) is 3.43. The van der Waals surface area contributed by atoms with Crippen molar-refractivity contribution in [2.24, 2.45) is 11.7 Å². The molecule has 1 unspecified atom stereocenters. The van der Waals surface area contributed by atoms with E-state index in [1.165, 1.54) is 22.9 Å². The first-order valence-corrected chi connectivity index (χ1v) is 10.1. The van der Waals surface area contributed by atoms with Gasteiger partial charge in [-0.15, -0.1) is 0 Å². The molecular formula is C20H32N4O4. The van der Waals surface area contributed by atoms with Crippen LogP contribution in [0.3, 0.4) is 0 Å². The molecule has 0 aliphatic carbocycles. The second-order valence-corrected chi connectivity index (χ2v) is 7.33. The van der Waals surface area contributed by atoms with Gasteiger partial charge in [0.15, 0.2) is 0 Å². The number of ether oxygens (including phenoxy) is 1. The van der Waals surface area contributed by atoms with Gasteiger partial charge in [-0.05, 0) is 44.2 Å². The molecule has 1 aromatic rings. The lowest BCUT2D eigenvalue weighted by molar-refractivity contribution is -0.116. The van der Waals surface area contributed by atoms with Crippen molar-refractivity contribution >= 4 is 12.0 Å². The highest BCUT2D eigenvalue weighted by Gasteiger charge is 2.32. The van der Waals surface area contributed by atoms with Crippen molar-refractivity contribution in [2.75, 3.05) is 13.1 Å². The summed E-state index contributed by atoms with van der Waals surface area (Å²) in [4.78, 5) is 38.5. The number of nitrogens with zero attached hydrogens (tertiary/aromatic N) is 1. The minimum absolute atomic E-state index is 0.0958. The summed E-state index contributed by atoms with van der Waals surface area (Å²) in [6.45, 7) is 5.40. The van der Waals surface area contributed by atoms with E-state index in [1.54, 1.807) is 0 Å². The topological polar surface area (TPSA) is 119 Å². The Bertz CT molecular complexity index is 783. The van der Waals surface area contributed by atoms with E-state index in [-0.39, 0.29) is 17.6 Å². The Hall–Kier alpha value is -2.19. The van der Waals surface area contributed by atoms with Crippen molar-refractivity contribution in [3.8, 4) is 0 Å². The van der Waals surface area contributed by atoms with Gasteiger partial charge in [0.2, 0.25) is 5.91 Å². The van der Waals surface area contributed by atoms with Gasteiger partial charge in [0, 0.05) is 18.8 Å². The largest absolute Gasteiger partial charge is 0.354 e. The molecule has 0 radical (unpaired) electrons. The van der Waals surface area contributed by atoms with E-state index in [0.717, 1.165) is 32.1 Å². The van der Waals surface area contributed by atoms with E-state index in [0.29, 0.717) is 25.4 Å². The zero-order valence-electron chi connectivity index (χ0n) is 16.8. The average molecular weight is 393 g/mol. The predicted octanol–water partition coefficient (Wildman–Crippen LogP) is 1.52. The van der Waals surface area contributed by atoms with Crippen LogP contribution in [0.15, 0.2) is 21.9 Å². The lowest BCUT2D eigenvalue weighted by Crippen LogP contribution is -2.33. The minimum Gasteiger partial charge on any atom is -0.354 e. The van der Waals surface area contributed by atoms with Crippen molar-refractivity contribution in [1.82, 2.24) is 14.9 Å². The molecule has 3 atom stereocenters. The third kappa shape index (κ3) is 6.17. The molecule has 1 fully saturated rings. The third-order valence-electron chi connectivity index (χ3n) is 5.09. The van der Waals surface area contributed by atoms with Gasteiger partial charge in [-0.1, -0.05) is 26.7 Å². The molecular weight excluding hydrogens is 360 g/mol. The maximum atomic E-state index is 12.2. The number of aromatic nitrogens is 2. The summed E-state index contributed by atoms with van der Waals surface area (Å²) in [6.07, 6.45) is 9.43. The third-order valence-corrected chi connectivity index (χ3v) is 5.09. The van der Waals surface area contributed by atoms with Gasteiger partial charge in [0.05, 0.1) is 11.7 Å². The molecule has 1 aromatic heterocycles. The fourth-order valence-corrected chi connectivity index (χ4v) is 3.43. The Kier molecular flexibility index (Phi) is 8.66. The first-order chi connectivity index (χ1) is 13.5. The average Bonchev–Trinajstić information content (AvgIpc) is 3.04. The van der Waals surface area contributed by atoms with Crippen LogP contribution in [-0.4, -0.2) is 34.7 Å². The summed E-state index contributed by atoms with van der Waals surface area (Å²) in [7, 11) is 0. The summed E-state index contributed by atoms with van der Waals surface area (Å²) in [6, 6.07) is 0. The maximum Gasteiger partial charge on any atom is 0.330 e. The maximum absolute atomic E-state index is 12.2. The van der Waals surface area contributed by atoms with Gasteiger partial charge in [-0.25, -0.2) is 4.79 Å². The summed E-state index contributed by atoms with van der Waals surface area (Å²) in [5.41, 5.74) is 4.66. The number of unbranched alkanes of at least 4 members (excludes halogenated alkanes) is 3. The van der Waals surface area contributed by atoms with Crippen molar-refractivity contribution in [3.63, 3.8) is 0 Å². The standard InChI is InChI=1S/C20H32N4O4/c1-3-16-14(2)12-18(28-16)24-13-15(19(26)23-20(24)27)8-9-17(25)22-11-7-5-4-6-10-21/h8-9,13-14,16,18H,3-7,10-12,21H2,1-2H3,(H,22,25)(H,23,26,27)/b9-8+/t14?,16-,18-/m1/s1. The fraction of sp³-hybridized carbons (Fsp3) is 0.650. The lowest BCUT2D eigenvalue weighted by Gasteiger charge is -2.15. The molecule has 2 heterocycles. The van der Waals surface area contributed by atoms with Gasteiger partial charge in [-0.2, -0.15) is 0 Å². The molecule has 0 saturated carbocycles. The summed E-state index contributed by atoms with van der Waals surface area (Å²) in [5, 5.41) is 2.79.